The highest BCUT2D eigenvalue weighted by Crippen LogP contribution is 2.52. The van der Waals surface area contributed by atoms with Crippen molar-refractivity contribution in [2.24, 2.45) is 0 Å². The molecule has 2 aromatic rings. The zero-order chi connectivity index (χ0) is 28.4. The maximum atomic E-state index is 12.0. The summed E-state index contributed by atoms with van der Waals surface area (Å²) in [6.07, 6.45) is 1.36. The summed E-state index contributed by atoms with van der Waals surface area (Å²) in [4.78, 5) is 11.7. The van der Waals surface area contributed by atoms with E-state index in [-0.39, 0.29) is 24.4 Å². The van der Waals surface area contributed by atoms with E-state index in [4.69, 9.17) is 28.4 Å². The topological polar surface area (TPSA) is 122 Å². The molecule has 0 saturated carbocycles. The van der Waals surface area contributed by atoms with Crippen molar-refractivity contribution in [1.82, 2.24) is 0 Å². The number of hydrogen-bond acceptors (Lipinski definition) is 9. The maximum absolute atomic E-state index is 12.0. The minimum atomic E-state index is -0.986. The third-order valence-electron chi connectivity index (χ3n) is 7.03. The summed E-state index contributed by atoms with van der Waals surface area (Å²) < 4.78 is 34.7. The fourth-order valence-electron chi connectivity index (χ4n) is 5.01. The van der Waals surface area contributed by atoms with E-state index in [9.17, 15) is 15.4 Å². The lowest BCUT2D eigenvalue weighted by atomic mass is 9.74. The van der Waals surface area contributed by atoms with Crippen LogP contribution in [-0.2, 0) is 5.41 Å². The van der Waals surface area contributed by atoms with Crippen LogP contribution in [0.5, 0.6) is 34.5 Å². The molecule has 0 N–H and O–H groups in total. The second-order valence-corrected chi connectivity index (χ2v) is 9.30. The molecule has 39 heavy (non-hydrogen) atoms. The summed E-state index contributed by atoms with van der Waals surface area (Å²) in [6.45, 7) is 6.62. The van der Waals surface area contributed by atoms with Gasteiger partial charge in [-0.05, 0) is 51.3 Å². The first-order chi connectivity index (χ1) is 18.9. The number of methoxy groups -OCH3 is 2. The standard InChI is InChI=1S/C29H38N2O8/c1-6-29(19-30,22-17-25(36-7-2)27(34-4)28(35-5)26(22)37-8-3)15-11-12-20(31(32)33)16-21-18-38-23-13-9-10-14-24(23)39-21/h9-10,13-14,17,20-21H,6-8,11-12,15-16,18H2,1-5H3. The van der Waals surface area contributed by atoms with Gasteiger partial charge >= 0.3 is 0 Å². The number of rotatable bonds is 15. The van der Waals surface area contributed by atoms with E-state index in [2.05, 4.69) is 6.07 Å². The normalized spacial score (nSPS) is 16.4. The Labute approximate surface area is 229 Å². The van der Waals surface area contributed by atoms with Gasteiger partial charge in [-0.1, -0.05) is 19.1 Å². The third kappa shape index (κ3) is 6.59. The van der Waals surface area contributed by atoms with Crippen LogP contribution in [0.1, 0.15) is 58.4 Å². The van der Waals surface area contributed by atoms with Gasteiger partial charge in [0.25, 0.3) is 0 Å². The fourth-order valence-corrected chi connectivity index (χ4v) is 5.01. The van der Waals surface area contributed by atoms with Crippen molar-refractivity contribution < 1.29 is 33.3 Å². The van der Waals surface area contributed by atoms with Gasteiger partial charge in [0.2, 0.25) is 17.5 Å². The molecule has 3 atom stereocenters. The number of ether oxygens (including phenoxy) is 6. The molecule has 0 amide bonds. The number of nitrogens with zero attached hydrogens (tertiary/aromatic N) is 2. The smallest absolute Gasteiger partial charge is 0.216 e. The van der Waals surface area contributed by atoms with Crippen LogP contribution in [0.4, 0.5) is 0 Å². The van der Waals surface area contributed by atoms with Crippen LogP contribution >= 0.6 is 0 Å². The zero-order valence-corrected chi connectivity index (χ0v) is 23.4. The maximum Gasteiger partial charge on any atom is 0.216 e. The fraction of sp³-hybridized carbons (Fsp3) is 0.552. The molecule has 0 radical (unpaired) electrons. The van der Waals surface area contributed by atoms with Crippen LogP contribution in [0.2, 0.25) is 0 Å². The molecule has 0 aliphatic carbocycles. The molecule has 2 aromatic carbocycles. The van der Waals surface area contributed by atoms with Crippen LogP contribution in [0.25, 0.3) is 0 Å². The highest BCUT2D eigenvalue weighted by Gasteiger charge is 2.38. The Morgan fingerprint density at radius 3 is 2.38 bits per heavy atom. The molecule has 0 saturated heterocycles. The van der Waals surface area contributed by atoms with Gasteiger partial charge in [0.1, 0.15) is 12.7 Å². The van der Waals surface area contributed by atoms with Crippen molar-refractivity contribution >= 4 is 0 Å². The van der Waals surface area contributed by atoms with Crippen LogP contribution in [0.3, 0.4) is 0 Å². The van der Waals surface area contributed by atoms with Gasteiger partial charge in [-0.3, -0.25) is 10.1 Å². The number of fused-ring (bicyclic) bond motifs is 1. The predicted octanol–water partition coefficient (Wildman–Crippen LogP) is 5.72. The molecular formula is C29H38N2O8. The number of para-hydroxylation sites is 2. The Morgan fingerprint density at radius 2 is 1.79 bits per heavy atom. The van der Waals surface area contributed by atoms with Crippen molar-refractivity contribution in [2.45, 2.75) is 70.4 Å². The van der Waals surface area contributed by atoms with Gasteiger partial charge in [-0.25, -0.2) is 0 Å². The summed E-state index contributed by atoms with van der Waals surface area (Å²) in [5.41, 5.74) is -0.366. The van der Waals surface area contributed by atoms with Gasteiger partial charge in [0, 0.05) is 16.9 Å². The number of nitro groups is 1. The van der Waals surface area contributed by atoms with Crippen LogP contribution in [0.15, 0.2) is 30.3 Å². The highest BCUT2D eigenvalue weighted by atomic mass is 16.6. The Morgan fingerprint density at radius 1 is 1.10 bits per heavy atom. The Kier molecular flexibility index (Phi) is 10.5. The van der Waals surface area contributed by atoms with Gasteiger partial charge in [-0.15, -0.1) is 0 Å². The molecule has 1 heterocycles. The Bertz CT molecular complexity index is 1160. The van der Waals surface area contributed by atoms with E-state index in [1.807, 2.05) is 39.0 Å². The highest BCUT2D eigenvalue weighted by molar-refractivity contribution is 5.65. The van der Waals surface area contributed by atoms with E-state index < -0.39 is 17.6 Å². The molecule has 0 spiro atoms. The molecule has 3 rings (SSSR count). The first-order valence-electron chi connectivity index (χ1n) is 13.4. The van der Waals surface area contributed by atoms with Crippen molar-refractivity contribution in [1.29, 1.82) is 5.26 Å². The number of nitriles is 1. The summed E-state index contributed by atoms with van der Waals surface area (Å²) in [7, 11) is 3.03. The van der Waals surface area contributed by atoms with E-state index in [1.165, 1.54) is 14.2 Å². The number of hydrogen-bond donors (Lipinski definition) is 0. The van der Waals surface area contributed by atoms with Gasteiger partial charge in [0.15, 0.2) is 23.0 Å². The summed E-state index contributed by atoms with van der Waals surface area (Å²) in [5, 5.41) is 22.4. The van der Waals surface area contributed by atoms with Crippen molar-refractivity contribution in [3.8, 4) is 40.6 Å². The third-order valence-corrected chi connectivity index (χ3v) is 7.03. The second-order valence-electron chi connectivity index (χ2n) is 9.30. The van der Waals surface area contributed by atoms with Crippen LogP contribution < -0.4 is 28.4 Å². The zero-order valence-electron chi connectivity index (χ0n) is 23.4. The molecule has 10 heteroatoms. The van der Waals surface area contributed by atoms with Crippen molar-refractivity contribution in [3.63, 3.8) is 0 Å². The van der Waals surface area contributed by atoms with E-state index in [0.717, 1.165) is 0 Å². The molecule has 3 unspecified atom stereocenters. The van der Waals surface area contributed by atoms with Gasteiger partial charge in [0.05, 0.1) is 45.3 Å². The van der Waals surface area contributed by atoms with Gasteiger partial charge in [-0.2, -0.15) is 5.26 Å². The molecule has 1 aliphatic rings. The predicted molar refractivity (Wildman–Crippen MR) is 145 cm³/mol. The summed E-state index contributed by atoms with van der Waals surface area (Å²) >= 11 is 0. The van der Waals surface area contributed by atoms with Crippen molar-refractivity contribution in [2.75, 3.05) is 34.0 Å². The van der Waals surface area contributed by atoms with E-state index in [0.29, 0.717) is 72.5 Å². The largest absolute Gasteiger partial charge is 0.490 e. The Balaban J connectivity index is 1.84. The monoisotopic (exact) mass is 542 g/mol. The lowest BCUT2D eigenvalue weighted by molar-refractivity contribution is -0.526. The second kappa shape index (κ2) is 13.8. The van der Waals surface area contributed by atoms with Gasteiger partial charge < -0.3 is 28.4 Å². The minimum absolute atomic E-state index is 0.210. The average molecular weight is 543 g/mol. The lowest BCUT2D eigenvalue weighted by Crippen LogP contribution is -2.35. The first-order valence-corrected chi connectivity index (χ1v) is 13.4. The molecule has 0 aromatic heterocycles. The minimum Gasteiger partial charge on any atom is -0.490 e. The quantitative estimate of drug-likeness (QED) is 0.205. The summed E-state index contributed by atoms with van der Waals surface area (Å²) in [6, 6.07) is 10.7. The molecular weight excluding hydrogens is 504 g/mol. The molecule has 0 bridgehead atoms. The first kappa shape index (κ1) is 29.7. The number of benzene rings is 2. The average Bonchev–Trinajstić information content (AvgIpc) is 2.95. The molecule has 0 fully saturated rings. The van der Waals surface area contributed by atoms with Crippen LogP contribution in [0, 0.1) is 21.4 Å². The summed E-state index contributed by atoms with van der Waals surface area (Å²) in [5.74, 6) is 2.83. The van der Waals surface area contributed by atoms with E-state index in [1.54, 1.807) is 12.1 Å². The Hall–Kier alpha value is -3.87. The lowest BCUT2D eigenvalue weighted by Gasteiger charge is -2.30. The van der Waals surface area contributed by atoms with Crippen LogP contribution in [-0.4, -0.2) is 51.1 Å². The molecule has 212 valence electrons. The SMILES string of the molecule is CCOc1cc(C(C#N)(CC)CCCC(CC2COc3ccccc3O2)[N+](=O)[O-])c(OCC)c(OC)c1OC. The van der Waals surface area contributed by atoms with Crippen molar-refractivity contribution in [3.05, 3.63) is 46.0 Å². The molecule has 1 aliphatic heterocycles. The van der Waals surface area contributed by atoms with E-state index >= 15 is 0 Å². The molecule has 10 nitrogen and oxygen atoms in total.